The number of para-hydroxylation sites is 1. The van der Waals surface area contributed by atoms with Crippen LogP contribution in [0.5, 0.6) is 0 Å². The van der Waals surface area contributed by atoms with Crippen molar-refractivity contribution in [3.63, 3.8) is 0 Å². The summed E-state index contributed by atoms with van der Waals surface area (Å²) in [7, 11) is 1.50. The van der Waals surface area contributed by atoms with Crippen LogP contribution in [-0.2, 0) is 0 Å². The molecule has 1 aromatic carbocycles. The molecule has 2 rings (SSSR count). The van der Waals surface area contributed by atoms with E-state index in [0.29, 0.717) is 12.4 Å². The number of benzene rings is 1. The topological polar surface area (TPSA) is 45.2 Å². The van der Waals surface area contributed by atoms with Crippen LogP contribution in [0.4, 0.5) is 15.9 Å². The average Bonchev–Trinajstić information content (AvgIpc) is 2.48. The lowest BCUT2D eigenvalue weighted by molar-refractivity contribution is 0.0992. The molecule has 4 nitrogen and oxygen atoms in total. The first-order valence-corrected chi connectivity index (χ1v) is 6.84. The number of carbonyl (C=O) groups is 1. The van der Waals surface area contributed by atoms with E-state index in [1.54, 1.807) is 18.2 Å². The molecule has 0 aliphatic heterocycles. The first-order valence-electron chi connectivity index (χ1n) is 6.46. The van der Waals surface area contributed by atoms with Gasteiger partial charge in [-0.25, -0.2) is 9.37 Å². The number of hydrogen-bond acceptors (Lipinski definition) is 3. The van der Waals surface area contributed by atoms with Crippen LogP contribution in [0.1, 0.15) is 17.3 Å². The van der Waals surface area contributed by atoms with E-state index in [-0.39, 0.29) is 16.3 Å². The molecule has 0 saturated carbocycles. The number of rotatable bonds is 4. The van der Waals surface area contributed by atoms with Gasteiger partial charge in [0.05, 0.1) is 16.3 Å². The molecule has 1 aromatic heterocycles. The van der Waals surface area contributed by atoms with Crippen molar-refractivity contribution >= 4 is 29.0 Å². The fraction of sp³-hybridized carbons (Fsp3) is 0.200. The monoisotopic (exact) mass is 307 g/mol. The lowest BCUT2D eigenvalue weighted by Gasteiger charge is -2.19. The third kappa shape index (κ3) is 3.31. The van der Waals surface area contributed by atoms with Crippen molar-refractivity contribution in [1.82, 2.24) is 4.98 Å². The molecule has 1 N–H and O–H groups in total. The zero-order valence-electron chi connectivity index (χ0n) is 11.7. The molecule has 0 aliphatic rings. The predicted octanol–water partition coefficient (Wildman–Crippen LogP) is 3.58. The van der Waals surface area contributed by atoms with Gasteiger partial charge in [0.15, 0.2) is 0 Å². The second kappa shape index (κ2) is 6.54. The van der Waals surface area contributed by atoms with E-state index >= 15 is 0 Å². The largest absolute Gasteiger partial charge is 0.370 e. The highest BCUT2D eigenvalue weighted by molar-refractivity contribution is 6.34. The highest BCUT2D eigenvalue weighted by Crippen LogP contribution is 2.24. The van der Waals surface area contributed by atoms with Crippen LogP contribution in [-0.4, -0.2) is 24.5 Å². The van der Waals surface area contributed by atoms with Gasteiger partial charge in [0.25, 0.3) is 5.91 Å². The number of amides is 1. The van der Waals surface area contributed by atoms with E-state index < -0.39 is 11.7 Å². The van der Waals surface area contributed by atoms with Crippen molar-refractivity contribution in [3.05, 3.63) is 52.9 Å². The number of aromatic nitrogens is 1. The molecular weight excluding hydrogens is 293 g/mol. The standard InChI is InChI=1S/C15H15ClFN3O/c1-3-18-14-8-10(11(16)9-19-14)15(21)20(2)13-7-5-4-6-12(13)17/h4-9H,3H2,1-2H3,(H,18,19). The number of nitrogens with zero attached hydrogens (tertiary/aromatic N) is 2. The average molecular weight is 308 g/mol. The zero-order chi connectivity index (χ0) is 15.4. The van der Waals surface area contributed by atoms with Gasteiger partial charge in [-0.3, -0.25) is 4.79 Å². The minimum absolute atomic E-state index is 0.195. The maximum absolute atomic E-state index is 13.8. The molecule has 6 heteroatoms. The molecule has 0 aliphatic carbocycles. The van der Waals surface area contributed by atoms with Crippen LogP contribution in [0.3, 0.4) is 0 Å². The fourth-order valence-electron chi connectivity index (χ4n) is 1.89. The van der Waals surface area contributed by atoms with E-state index in [4.69, 9.17) is 11.6 Å². The number of anilines is 2. The number of hydrogen-bond donors (Lipinski definition) is 1. The smallest absolute Gasteiger partial charge is 0.259 e. The Morgan fingerprint density at radius 2 is 2.14 bits per heavy atom. The molecule has 1 amide bonds. The Bertz CT molecular complexity index is 663. The summed E-state index contributed by atoms with van der Waals surface area (Å²) in [6, 6.07) is 7.64. The van der Waals surface area contributed by atoms with Crippen LogP contribution in [0.2, 0.25) is 5.02 Å². The quantitative estimate of drug-likeness (QED) is 0.939. The molecule has 0 atom stereocenters. The molecule has 110 valence electrons. The molecule has 0 unspecified atom stereocenters. The van der Waals surface area contributed by atoms with Crippen LogP contribution < -0.4 is 10.2 Å². The third-order valence-electron chi connectivity index (χ3n) is 2.96. The van der Waals surface area contributed by atoms with Crippen molar-refractivity contribution < 1.29 is 9.18 Å². The number of nitrogens with one attached hydrogen (secondary N) is 1. The number of carbonyl (C=O) groups excluding carboxylic acids is 1. The van der Waals surface area contributed by atoms with Gasteiger partial charge in [-0.2, -0.15) is 0 Å². The highest BCUT2D eigenvalue weighted by Gasteiger charge is 2.19. The van der Waals surface area contributed by atoms with Crippen molar-refractivity contribution in [2.24, 2.45) is 0 Å². The summed E-state index contributed by atoms with van der Waals surface area (Å²) in [6.45, 7) is 2.59. The Morgan fingerprint density at radius 1 is 1.43 bits per heavy atom. The normalized spacial score (nSPS) is 10.3. The molecule has 0 radical (unpaired) electrons. The summed E-state index contributed by atoms with van der Waals surface area (Å²) in [6.07, 6.45) is 1.40. The van der Waals surface area contributed by atoms with Crippen molar-refractivity contribution in [2.75, 3.05) is 23.8 Å². The van der Waals surface area contributed by atoms with Gasteiger partial charge in [-0.1, -0.05) is 23.7 Å². The first kappa shape index (κ1) is 15.3. The minimum Gasteiger partial charge on any atom is -0.370 e. The summed E-state index contributed by atoms with van der Waals surface area (Å²) >= 11 is 6.03. The maximum Gasteiger partial charge on any atom is 0.259 e. The number of pyridine rings is 1. The van der Waals surface area contributed by atoms with Gasteiger partial charge in [-0.15, -0.1) is 0 Å². The summed E-state index contributed by atoms with van der Waals surface area (Å²) in [5.41, 5.74) is 0.466. The van der Waals surface area contributed by atoms with E-state index in [1.165, 1.54) is 30.3 Å². The van der Waals surface area contributed by atoms with E-state index in [0.717, 1.165) is 0 Å². The highest BCUT2D eigenvalue weighted by atomic mass is 35.5. The van der Waals surface area contributed by atoms with Crippen molar-refractivity contribution in [1.29, 1.82) is 0 Å². The van der Waals surface area contributed by atoms with Crippen LogP contribution in [0, 0.1) is 5.82 Å². The Labute approximate surface area is 127 Å². The fourth-order valence-corrected chi connectivity index (χ4v) is 2.08. The summed E-state index contributed by atoms with van der Waals surface area (Å²) in [5.74, 6) is -0.315. The Balaban J connectivity index is 2.35. The SMILES string of the molecule is CCNc1cc(C(=O)N(C)c2ccccc2F)c(Cl)cn1. The third-order valence-corrected chi connectivity index (χ3v) is 3.26. The van der Waals surface area contributed by atoms with Gasteiger partial charge >= 0.3 is 0 Å². The van der Waals surface area contributed by atoms with Crippen LogP contribution >= 0.6 is 11.6 Å². The minimum atomic E-state index is -0.467. The van der Waals surface area contributed by atoms with Crippen molar-refractivity contribution in [3.8, 4) is 0 Å². The second-order valence-electron chi connectivity index (χ2n) is 4.40. The summed E-state index contributed by atoms with van der Waals surface area (Å²) < 4.78 is 13.8. The van der Waals surface area contributed by atoms with E-state index in [9.17, 15) is 9.18 Å². The van der Waals surface area contributed by atoms with Gasteiger partial charge in [0, 0.05) is 19.8 Å². The predicted molar refractivity (Wildman–Crippen MR) is 82.5 cm³/mol. The van der Waals surface area contributed by atoms with Crippen molar-refractivity contribution in [2.45, 2.75) is 6.92 Å². The van der Waals surface area contributed by atoms with Gasteiger partial charge in [0.2, 0.25) is 0 Å². The molecule has 0 saturated heterocycles. The number of halogens is 2. The Hall–Kier alpha value is -2.14. The second-order valence-corrected chi connectivity index (χ2v) is 4.80. The molecule has 0 spiro atoms. The lowest BCUT2D eigenvalue weighted by Crippen LogP contribution is -2.27. The molecular formula is C15H15ClFN3O. The summed E-state index contributed by atoms with van der Waals surface area (Å²) in [5, 5.41) is 3.23. The molecule has 2 aromatic rings. The molecule has 21 heavy (non-hydrogen) atoms. The van der Waals surface area contributed by atoms with E-state index in [2.05, 4.69) is 10.3 Å². The van der Waals surface area contributed by atoms with E-state index in [1.807, 2.05) is 6.92 Å². The lowest BCUT2D eigenvalue weighted by atomic mass is 10.2. The summed E-state index contributed by atoms with van der Waals surface area (Å²) in [4.78, 5) is 17.8. The van der Waals surface area contributed by atoms with Crippen LogP contribution in [0.15, 0.2) is 36.5 Å². The maximum atomic E-state index is 13.8. The van der Waals surface area contributed by atoms with Gasteiger partial charge in [-0.05, 0) is 25.1 Å². The van der Waals surface area contributed by atoms with Gasteiger partial charge < -0.3 is 10.2 Å². The molecule has 0 bridgehead atoms. The Kier molecular flexibility index (Phi) is 4.75. The molecule has 1 heterocycles. The molecule has 0 fully saturated rings. The van der Waals surface area contributed by atoms with Gasteiger partial charge in [0.1, 0.15) is 11.6 Å². The first-order chi connectivity index (χ1) is 10.0. The van der Waals surface area contributed by atoms with Crippen LogP contribution in [0.25, 0.3) is 0 Å². The zero-order valence-corrected chi connectivity index (χ0v) is 12.5. The Morgan fingerprint density at radius 3 is 2.81 bits per heavy atom.